The number of aromatic nitrogens is 4. The van der Waals surface area contributed by atoms with Crippen LogP contribution in [0.15, 0.2) is 6.08 Å². The molecular weight excluding hydrogens is 116 g/mol. The summed E-state index contributed by atoms with van der Waals surface area (Å²) in [5.41, 5.74) is 0. The van der Waals surface area contributed by atoms with E-state index in [0.29, 0.717) is 5.82 Å². The molecule has 0 saturated carbocycles. The highest BCUT2D eigenvalue weighted by Crippen LogP contribution is 1.88. The molecule has 1 aromatic rings. The van der Waals surface area contributed by atoms with Gasteiger partial charge >= 0.3 is 0 Å². The molecule has 1 heterocycles. The van der Waals surface area contributed by atoms with Crippen LogP contribution in [0.4, 0.5) is 0 Å². The Labute approximate surface area is 53.0 Å². The zero-order valence-corrected chi connectivity index (χ0v) is 5.20. The van der Waals surface area contributed by atoms with Gasteiger partial charge in [-0.2, -0.15) is 5.21 Å². The summed E-state index contributed by atoms with van der Waals surface area (Å²) in [6.45, 7) is 2.05. The Morgan fingerprint density at radius 2 is 2.56 bits per heavy atom. The Kier molecular flexibility index (Phi) is 1.95. The van der Waals surface area contributed by atoms with Crippen molar-refractivity contribution in [3.8, 4) is 0 Å². The molecule has 0 radical (unpaired) electrons. The molecule has 0 atom stereocenters. The third kappa shape index (κ3) is 1.64. The van der Waals surface area contributed by atoms with E-state index in [4.69, 9.17) is 0 Å². The van der Waals surface area contributed by atoms with Crippen molar-refractivity contribution < 1.29 is 0 Å². The maximum Gasteiger partial charge on any atom is 0.197 e. The van der Waals surface area contributed by atoms with Gasteiger partial charge in [0.2, 0.25) is 0 Å². The van der Waals surface area contributed by atoms with E-state index in [9.17, 15) is 0 Å². The van der Waals surface area contributed by atoms with Crippen molar-refractivity contribution in [2.75, 3.05) is 0 Å². The van der Waals surface area contributed by atoms with E-state index in [-0.39, 0.29) is 0 Å². The lowest BCUT2D eigenvalue weighted by Crippen LogP contribution is -1.72. The predicted molar refractivity (Wildman–Crippen MR) is 33.5 cm³/mol. The van der Waals surface area contributed by atoms with E-state index in [2.05, 4.69) is 27.5 Å². The van der Waals surface area contributed by atoms with Crippen LogP contribution in [-0.4, -0.2) is 20.6 Å². The second kappa shape index (κ2) is 2.96. The van der Waals surface area contributed by atoms with Gasteiger partial charge in [0.15, 0.2) is 5.82 Å². The fourth-order valence-corrected chi connectivity index (χ4v) is 0.463. The molecule has 0 spiro atoms. The van der Waals surface area contributed by atoms with Gasteiger partial charge in [-0.25, -0.2) is 0 Å². The largest absolute Gasteiger partial charge is 0.197 e. The minimum atomic E-state index is 0.636. The number of aromatic amines is 1. The molecule has 4 nitrogen and oxygen atoms in total. The molecule has 1 rings (SSSR count). The third-order valence-corrected chi connectivity index (χ3v) is 0.864. The summed E-state index contributed by atoms with van der Waals surface area (Å²) in [6, 6.07) is 0. The fraction of sp³-hybridized carbons (Fsp3) is 0.400. The number of hydrogen-bond acceptors (Lipinski definition) is 3. The van der Waals surface area contributed by atoms with Crippen molar-refractivity contribution in [3.63, 3.8) is 0 Å². The lowest BCUT2D eigenvalue weighted by molar-refractivity contribution is 0.881. The molecular formula is C5H8N4. The topological polar surface area (TPSA) is 54.5 Å². The summed E-state index contributed by atoms with van der Waals surface area (Å²) < 4.78 is 0. The Morgan fingerprint density at radius 3 is 3.11 bits per heavy atom. The smallest absolute Gasteiger partial charge is 0.177 e. The molecule has 0 fully saturated rings. The van der Waals surface area contributed by atoms with Crippen molar-refractivity contribution >= 4 is 6.08 Å². The van der Waals surface area contributed by atoms with Crippen LogP contribution in [0.2, 0.25) is 0 Å². The second-order valence-electron chi connectivity index (χ2n) is 1.58. The van der Waals surface area contributed by atoms with Gasteiger partial charge in [-0.3, -0.25) is 0 Å². The lowest BCUT2D eigenvalue weighted by atomic mass is 10.4. The van der Waals surface area contributed by atoms with Crippen LogP contribution in [0.3, 0.4) is 0 Å². The number of H-pyrrole nitrogens is 1. The van der Waals surface area contributed by atoms with Gasteiger partial charge < -0.3 is 0 Å². The highest BCUT2D eigenvalue weighted by molar-refractivity contribution is 5.37. The average molecular weight is 124 g/mol. The molecule has 9 heavy (non-hydrogen) atoms. The number of rotatable bonds is 2. The Balaban J connectivity index is 2.57. The first kappa shape index (κ1) is 5.94. The number of tetrazole rings is 1. The molecule has 1 aromatic heterocycles. The molecule has 0 bridgehead atoms. The molecule has 4 heteroatoms. The zero-order valence-electron chi connectivity index (χ0n) is 5.20. The van der Waals surface area contributed by atoms with Gasteiger partial charge in [-0.05, 0) is 17.7 Å². The van der Waals surface area contributed by atoms with Crippen molar-refractivity contribution in [2.24, 2.45) is 0 Å². The van der Waals surface area contributed by atoms with E-state index in [0.717, 1.165) is 6.42 Å². The van der Waals surface area contributed by atoms with Gasteiger partial charge in [0.25, 0.3) is 0 Å². The average Bonchev–Trinajstić information content (AvgIpc) is 2.34. The maximum absolute atomic E-state index is 3.72. The Morgan fingerprint density at radius 1 is 1.67 bits per heavy atom. The van der Waals surface area contributed by atoms with Gasteiger partial charge in [-0.1, -0.05) is 13.0 Å². The van der Waals surface area contributed by atoms with E-state index in [1.165, 1.54) is 0 Å². The number of nitrogens with zero attached hydrogens (tertiary/aromatic N) is 3. The van der Waals surface area contributed by atoms with E-state index < -0.39 is 0 Å². The van der Waals surface area contributed by atoms with Gasteiger partial charge in [0, 0.05) is 0 Å². The summed E-state index contributed by atoms with van der Waals surface area (Å²) in [7, 11) is 0. The van der Waals surface area contributed by atoms with Crippen LogP contribution in [0, 0.1) is 0 Å². The van der Waals surface area contributed by atoms with Gasteiger partial charge in [0.05, 0.1) is 0 Å². The zero-order chi connectivity index (χ0) is 6.53. The fourth-order valence-electron chi connectivity index (χ4n) is 0.463. The molecule has 0 aliphatic heterocycles. The molecule has 0 aliphatic carbocycles. The van der Waals surface area contributed by atoms with Crippen LogP contribution < -0.4 is 0 Å². The summed E-state index contributed by atoms with van der Waals surface area (Å²) in [6.07, 6.45) is 4.79. The second-order valence-corrected chi connectivity index (χ2v) is 1.58. The van der Waals surface area contributed by atoms with Gasteiger partial charge in [-0.15, -0.1) is 10.2 Å². The van der Waals surface area contributed by atoms with Crippen LogP contribution in [0.1, 0.15) is 19.2 Å². The molecule has 0 saturated heterocycles. The van der Waals surface area contributed by atoms with E-state index >= 15 is 0 Å². The normalized spacial score (nSPS) is 10.8. The van der Waals surface area contributed by atoms with Crippen LogP contribution in [-0.2, 0) is 0 Å². The van der Waals surface area contributed by atoms with Crippen molar-refractivity contribution in [1.29, 1.82) is 0 Å². The summed E-state index contributed by atoms with van der Waals surface area (Å²) in [5, 5.41) is 13.2. The quantitative estimate of drug-likeness (QED) is 0.628. The molecule has 0 aliphatic rings. The number of allylic oxidation sites excluding steroid dienone is 1. The summed E-state index contributed by atoms with van der Waals surface area (Å²) in [4.78, 5) is 0. The van der Waals surface area contributed by atoms with Crippen LogP contribution in [0.5, 0.6) is 0 Å². The van der Waals surface area contributed by atoms with Gasteiger partial charge in [0.1, 0.15) is 0 Å². The molecule has 0 amide bonds. The minimum absolute atomic E-state index is 0.636. The van der Waals surface area contributed by atoms with Crippen LogP contribution in [0.25, 0.3) is 6.08 Å². The predicted octanol–water partition coefficient (Wildman–Crippen LogP) is 0.623. The summed E-state index contributed by atoms with van der Waals surface area (Å²) in [5.74, 6) is 0.636. The first-order chi connectivity index (χ1) is 4.43. The molecule has 0 aromatic carbocycles. The Bertz CT molecular complexity index is 177. The maximum atomic E-state index is 3.72. The first-order valence-corrected chi connectivity index (χ1v) is 2.83. The Hall–Kier alpha value is -1.19. The molecule has 0 unspecified atom stereocenters. The standard InChI is InChI=1S/C5H8N4/c1-2-3-4-5-6-8-9-7-5/h3-4H,2H2,1H3,(H,6,7,8,9)/b4-3+. The number of hydrogen-bond donors (Lipinski definition) is 1. The van der Waals surface area contributed by atoms with Crippen molar-refractivity contribution in [3.05, 3.63) is 11.9 Å². The number of nitrogens with one attached hydrogen (secondary N) is 1. The summed E-state index contributed by atoms with van der Waals surface area (Å²) >= 11 is 0. The molecule has 48 valence electrons. The SMILES string of the molecule is CC/C=C/c1nn[nH]n1. The molecule has 1 N–H and O–H groups in total. The first-order valence-electron chi connectivity index (χ1n) is 2.83. The van der Waals surface area contributed by atoms with Crippen molar-refractivity contribution in [2.45, 2.75) is 13.3 Å². The van der Waals surface area contributed by atoms with E-state index in [1.807, 2.05) is 12.2 Å². The van der Waals surface area contributed by atoms with Crippen molar-refractivity contribution in [1.82, 2.24) is 20.6 Å². The monoisotopic (exact) mass is 124 g/mol. The minimum Gasteiger partial charge on any atom is -0.177 e. The highest BCUT2D eigenvalue weighted by atomic mass is 15.5. The lowest BCUT2D eigenvalue weighted by Gasteiger charge is -1.74. The highest BCUT2D eigenvalue weighted by Gasteiger charge is 1.85. The third-order valence-electron chi connectivity index (χ3n) is 0.864. The van der Waals surface area contributed by atoms with Crippen LogP contribution >= 0.6 is 0 Å². The van der Waals surface area contributed by atoms with E-state index in [1.54, 1.807) is 0 Å².